The van der Waals surface area contributed by atoms with Crippen LogP contribution in [0.3, 0.4) is 0 Å². The van der Waals surface area contributed by atoms with Crippen LogP contribution in [0.1, 0.15) is 30.3 Å². The van der Waals surface area contributed by atoms with Crippen LogP contribution in [0.2, 0.25) is 0 Å². The standard InChI is InChI=1S/C11H15NO/c1-3-4-5-8-12-9-6-7-11(12)10(2)13/h3,6-7,9H,1,4-5,8H2,2H3. The lowest BCUT2D eigenvalue weighted by Gasteiger charge is -2.04. The van der Waals surface area contributed by atoms with E-state index in [0.717, 1.165) is 25.1 Å². The fourth-order valence-electron chi connectivity index (χ4n) is 1.33. The van der Waals surface area contributed by atoms with Gasteiger partial charge in [0.15, 0.2) is 5.78 Å². The summed E-state index contributed by atoms with van der Waals surface area (Å²) in [6.07, 6.45) is 5.88. The summed E-state index contributed by atoms with van der Waals surface area (Å²) < 4.78 is 1.99. The van der Waals surface area contributed by atoms with E-state index in [2.05, 4.69) is 6.58 Å². The van der Waals surface area contributed by atoms with Crippen LogP contribution >= 0.6 is 0 Å². The van der Waals surface area contributed by atoms with Gasteiger partial charge in [0.2, 0.25) is 0 Å². The number of carbonyl (C=O) groups is 1. The zero-order valence-electron chi connectivity index (χ0n) is 7.99. The van der Waals surface area contributed by atoms with Crippen molar-refractivity contribution < 1.29 is 4.79 Å². The van der Waals surface area contributed by atoms with Crippen molar-refractivity contribution >= 4 is 5.78 Å². The lowest BCUT2D eigenvalue weighted by atomic mass is 10.3. The summed E-state index contributed by atoms with van der Waals surface area (Å²) in [7, 11) is 0. The number of allylic oxidation sites excluding steroid dienone is 1. The molecule has 0 aliphatic carbocycles. The third-order valence-corrected chi connectivity index (χ3v) is 2.00. The van der Waals surface area contributed by atoms with Crippen LogP contribution in [0.4, 0.5) is 0 Å². The van der Waals surface area contributed by atoms with Crippen LogP contribution in [-0.4, -0.2) is 10.4 Å². The van der Waals surface area contributed by atoms with Crippen LogP contribution < -0.4 is 0 Å². The Kier molecular flexibility index (Phi) is 3.50. The second kappa shape index (κ2) is 4.65. The summed E-state index contributed by atoms with van der Waals surface area (Å²) in [5, 5.41) is 0. The Morgan fingerprint density at radius 1 is 1.69 bits per heavy atom. The number of rotatable bonds is 5. The van der Waals surface area contributed by atoms with Gasteiger partial charge in [0.25, 0.3) is 0 Å². The summed E-state index contributed by atoms with van der Waals surface area (Å²) >= 11 is 0. The van der Waals surface area contributed by atoms with Crippen molar-refractivity contribution in [3.05, 3.63) is 36.7 Å². The molecule has 0 unspecified atom stereocenters. The minimum Gasteiger partial charge on any atom is -0.345 e. The average Bonchev–Trinajstić information content (AvgIpc) is 2.53. The number of Topliss-reactive ketones (excluding diaryl/α,β-unsaturated/α-hetero) is 1. The van der Waals surface area contributed by atoms with Gasteiger partial charge in [0.1, 0.15) is 0 Å². The maximum atomic E-state index is 11.1. The number of ketones is 1. The molecule has 0 N–H and O–H groups in total. The van der Waals surface area contributed by atoms with Crippen LogP contribution in [0.15, 0.2) is 31.0 Å². The molecule has 0 amide bonds. The van der Waals surface area contributed by atoms with E-state index in [1.54, 1.807) is 6.92 Å². The fraction of sp³-hybridized carbons (Fsp3) is 0.364. The SMILES string of the molecule is C=CCCCn1cccc1C(C)=O. The van der Waals surface area contributed by atoms with E-state index in [0.29, 0.717) is 0 Å². The molecule has 0 bridgehead atoms. The Balaban J connectivity index is 2.60. The first-order valence-electron chi connectivity index (χ1n) is 4.52. The van der Waals surface area contributed by atoms with Gasteiger partial charge < -0.3 is 4.57 Å². The molecular weight excluding hydrogens is 162 g/mol. The number of carbonyl (C=O) groups excluding carboxylic acids is 1. The van der Waals surface area contributed by atoms with E-state index >= 15 is 0 Å². The third kappa shape index (κ3) is 2.58. The average molecular weight is 177 g/mol. The van der Waals surface area contributed by atoms with Crippen molar-refractivity contribution in [3.63, 3.8) is 0 Å². The molecule has 1 aromatic heterocycles. The van der Waals surface area contributed by atoms with Crippen molar-refractivity contribution in [3.8, 4) is 0 Å². The third-order valence-electron chi connectivity index (χ3n) is 2.00. The Morgan fingerprint density at radius 2 is 2.46 bits per heavy atom. The Bertz CT molecular complexity index is 299. The normalized spacial score (nSPS) is 9.92. The molecular formula is C11H15NO. The summed E-state index contributed by atoms with van der Waals surface area (Å²) in [6.45, 7) is 6.15. The minimum absolute atomic E-state index is 0.128. The molecule has 1 heterocycles. The van der Waals surface area contributed by atoms with Crippen LogP contribution in [0.5, 0.6) is 0 Å². The molecule has 1 rings (SSSR count). The van der Waals surface area contributed by atoms with Crippen LogP contribution in [0.25, 0.3) is 0 Å². The smallest absolute Gasteiger partial charge is 0.176 e. The maximum Gasteiger partial charge on any atom is 0.176 e. The van der Waals surface area contributed by atoms with Gasteiger partial charge in [-0.15, -0.1) is 6.58 Å². The lowest BCUT2D eigenvalue weighted by molar-refractivity contribution is 0.100. The zero-order chi connectivity index (χ0) is 9.68. The summed E-state index contributed by atoms with van der Waals surface area (Å²) in [5.41, 5.74) is 0.795. The molecule has 2 nitrogen and oxygen atoms in total. The van der Waals surface area contributed by atoms with Gasteiger partial charge >= 0.3 is 0 Å². The first-order valence-corrected chi connectivity index (χ1v) is 4.52. The molecule has 0 saturated heterocycles. The summed E-state index contributed by atoms with van der Waals surface area (Å²) in [6, 6.07) is 3.76. The van der Waals surface area contributed by atoms with Gasteiger partial charge in [-0.1, -0.05) is 6.08 Å². The largest absolute Gasteiger partial charge is 0.345 e. The van der Waals surface area contributed by atoms with Gasteiger partial charge in [0, 0.05) is 19.7 Å². The highest BCUT2D eigenvalue weighted by molar-refractivity contribution is 5.92. The predicted molar refractivity (Wildman–Crippen MR) is 53.9 cm³/mol. The highest BCUT2D eigenvalue weighted by Crippen LogP contribution is 2.05. The van der Waals surface area contributed by atoms with E-state index < -0.39 is 0 Å². The molecule has 0 radical (unpaired) electrons. The molecule has 2 heteroatoms. The zero-order valence-corrected chi connectivity index (χ0v) is 7.99. The van der Waals surface area contributed by atoms with E-state index in [4.69, 9.17) is 0 Å². The minimum atomic E-state index is 0.128. The monoisotopic (exact) mass is 177 g/mol. The van der Waals surface area contributed by atoms with Crippen LogP contribution in [0, 0.1) is 0 Å². The first kappa shape index (κ1) is 9.78. The van der Waals surface area contributed by atoms with Gasteiger partial charge in [-0.2, -0.15) is 0 Å². The quantitative estimate of drug-likeness (QED) is 0.385. The number of unbranched alkanes of at least 4 members (excludes halogenated alkanes) is 1. The summed E-state index contributed by atoms with van der Waals surface area (Å²) in [5.74, 6) is 0.128. The summed E-state index contributed by atoms with van der Waals surface area (Å²) in [4.78, 5) is 11.1. The van der Waals surface area contributed by atoms with E-state index in [1.807, 2.05) is 29.0 Å². The molecule has 1 aromatic rings. The molecule has 70 valence electrons. The van der Waals surface area contributed by atoms with Gasteiger partial charge in [-0.05, 0) is 25.0 Å². The van der Waals surface area contributed by atoms with Crippen LogP contribution in [-0.2, 0) is 6.54 Å². The molecule has 0 saturated carbocycles. The molecule has 0 aliphatic heterocycles. The molecule has 0 aliphatic rings. The second-order valence-electron chi connectivity index (χ2n) is 3.07. The lowest BCUT2D eigenvalue weighted by Crippen LogP contribution is -2.05. The molecule has 0 spiro atoms. The fourth-order valence-corrected chi connectivity index (χ4v) is 1.33. The number of hydrogen-bond acceptors (Lipinski definition) is 1. The number of aromatic nitrogens is 1. The van der Waals surface area contributed by atoms with E-state index in [9.17, 15) is 4.79 Å². The first-order chi connectivity index (χ1) is 6.25. The van der Waals surface area contributed by atoms with Crippen molar-refractivity contribution in [2.75, 3.05) is 0 Å². The van der Waals surface area contributed by atoms with Crippen molar-refractivity contribution in [1.82, 2.24) is 4.57 Å². The van der Waals surface area contributed by atoms with E-state index in [1.165, 1.54) is 0 Å². The highest BCUT2D eigenvalue weighted by atomic mass is 16.1. The molecule has 0 fully saturated rings. The molecule has 13 heavy (non-hydrogen) atoms. The highest BCUT2D eigenvalue weighted by Gasteiger charge is 2.03. The maximum absolute atomic E-state index is 11.1. The van der Waals surface area contributed by atoms with Crippen molar-refractivity contribution in [2.24, 2.45) is 0 Å². The van der Waals surface area contributed by atoms with Gasteiger partial charge in [-0.25, -0.2) is 0 Å². The number of aryl methyl sites for hydroxylation is 1. The Morgan fingerprint density at radius 3 is 3.08 bits per heavy atom. The Labute approximate surface area is 78.9 Å². The van der Waals surface area contributed by atoms with Crippen molar-refractivity contribution in [1.29, 1.82) is 0 Å². The second-order valence-corrected chi connectivity index (χ2v) is 3.07. The molecule has 0 aromatic carbocycles. The van der Waals surface area contributed by atoms with E-state index in [-0.39, 0.29) is 5.78 Å². The van der Waals surface area contributed by atoms with Gasteiger partial charge in [-0.3, -0.25) is 4.79 Å². The number of nitrogens with zero attached hydrogens (tertiary/aromatic N) is 1. The number of hydrogen-bond donors (Lipinski definition) is 0. The Hall–Kier alpha value is -1.31. The van der Waals surface area contributed by atoms with Crippen molar-refractivity contribution in [2.45, 2.75) is 26.3 Å². The predicted octanol–water partition coefficient (Wildman–Crippen LogP) is 2.66. The topological polar surface area (TPSA) is 22.0 Å². The molecule has 0 atom stereocenters. The van der Waals surface area contributed by atoms with Gasteiger partial charge in [0.05, 0.1) is 5.69 Å².